The van der Waals surface area contributed by atoms with Crippen LogP contribution in [-0.2, 0) is 6.54 Å². The van der Waals surface area contributed by atoms with Gasteiger partial charge in [-0.15, -0.1) is 0 Å². The van der Waals surface area contributed by atoms with Crippen LogP contribution in [0, 0.1) is 0 Å². The lowest BCUT2D eigenvalue weighted by atomic mass is 10.1. The number of ether oxygens (including phenoxy) is 1. The number of carbonyl (C=O) groups excluding carboxylic acids is 1. The highest BCUT2D eigenvalue weighted by molar-refractivity contribution is 6.08. The maximum absolute atomic E-state index is 12.4. The van der Waals surface area contributed by atoms with Crippen molar-refractivity contribution in [2.45, 2.75) is 13.0 Å². The fraction of sp³-hybridized carbons (Fsp3) is 0.176. The molecule has 1 aliphatic heterocycles. The van der Waals surface area contributed by atoms with E-state index in [0.717, 1.165) is 29.4 Å². The van der Waals surface area contributed by atoms with Gasteiger partial charge in [0.15, 0.2) is 5.69 Å². The average molecular weight is 293 g/mol. The lowest BCUT2D eigenvalue weighted by Gasteiger charge is -2.13. The zero-order valence-corrected chi connectivity index (χ0v) is 12.0. The second kappa shape index (κ2) is 5.18. The molecule has 0 unspecified atom stereocenters. The van der Waals surface area contributed by atoms with Gasteiger partial charge in [0, 0.05) is 30.1 Å². The van der Waals surface area contributed by atoms with Crippen LogP contribution in [0.4, 0.5) is 5.69 Å². The van der Waals surface area contributed by atoms with E-state index >= 15 is 0 Å². The third kappa shape index (κ3) is 2.20. The molecule has 22 heavy (non-hydrogen) atoms. The van der Waals surface area contributed by atoms with Crippen LogP contribution < -0.4 is 10.1 Å². The number of aromatic nitrogens is 2. The maximum atomic E-state index is 12.4. The van der Waals surface area contributed by atoms with Gasteiger partial charge in [0.1, 0.15) is 0 Å². The second-order valence-electron chi connectivity index (χ2n) is 5.27. The van der Waals surface area contributed by atoms with Crippen LogP contribution in [0.25, 0.3) is 10.8 Å². The van der Waals surface area contributed by atoms with Gasteiger partial charge in [-0.05, 0) is 11.5 Å². The Hall–Kier alpha value is -2.82. The zero-order chi connectivity index (χ0) is 14.9. The highest BCUT2D eigenvalue weighted by Crippen LogP contribution is 2.24. The first kappa shape index (κ1) is 12.9. The van der Waals surface area contributed by atoms with Crippen molar-refractivity contribution < 1.29 is 9.53 Å². The summed E-state index contributed by atoms with van der Waals surface area (Å²) in [5.74, 6) is 0.441. The molecule has 0 spiro atoms. The summed E-state index contributed by atoms with van der Waals surface area (Å²) in [5.41, 5.74) is 1.17. The van der Waals surface area contributed by atoms with Crippen LogP contribution in [0.15, 0.2) is 48.5 Å². The first-order chi connectivity index (χ1) is 10.8. The lowest BCUT2D eigenvalue weighted by Crippen LogP contribution is -2.16. The number of hydrogen-bond donors (Lipinski definition) is 1. The molecule has 0 atom stereocenters. The van der Waals surface area contributed by atoms with E-state index in [2.05, 4.69) is 10.4 Å². The monoisotopic (exact) mass is 293 g/mol. The van der Waals surface area contributed by atoms with E-state index in [0.29, 0.717) is 18.2 Å². The average Bonchev–Trinajstić information content (AvgIpc) is 2.99. The maximum Gasteiger partial charge on any atom is 0.276 e. The first-order valence-electron chi connectivity index (χ1n) is 7.31. The van der Waals surface area contributed by atoms with Crippen LogP contribution in [0.1, 0.15) is 16.9 Å². The van der Waals surface area contributed by atoms with Crippen LogP contribution >= 0.6 is 0 Å². The van der Waals surface area contributed by atoms with Gasteiger partial charge in [-0.2, -0.15) is 5.10 Å². The number of nitrogens with one attached hydrogen (secondary N) is 1. The summed E-state index contributed by atoms with van der Waals surface area (Å²) < 4.78 is 7.23. The molecule has 110 valence electrons. The number of fused-ring (bicyclic) bond motifs is 2. The van der Waals surface area contributed by atoms with Crippen molar-refractivity contribution in [2.24, 2.45) is 0 Å². The third-order valence-electron chi connectivity index (χ3n) is 3.78. The highest BCUT2D eigenvalue weighted by atomic mass is 16.5. The molecule has 2 aromatic carbocycles. The van der Waals surface area contributed by atoms with E-state index in [-0.39, 0.29) is 5.91 Å². The molecule has 0 aliphatic carbocycles. The van der Waals surface area contributed by atoms with Crippen LogP contribution in [0.5, 0.6) is 5.88 Å². The van der Waals surface area contributed by atoms with E-state index < -0.39 is 0 Å². The van der Waals surface area contributed by atoms with Crippen molar-refractivity contribution in [3.63, 3.8) is 0 Å². The minimum Gasteiger partial charge on any atom is -0.478 e. The minimum absolute atomic E-state index is 0.221. The Labute approximate surface area is 127 Å². The van der Waals surface area contributed by atoms with Crippen molar-refractivity contribution in [1.82, 2.24) is 9.78 Å². The van der Waals surface area contributed by atoms with Crippen molar-refractivity contribution in [3.8, 4) is 5.88 Å². The van der Waals surface area contributed by atoms with Gasteiger partial charge in [-0.25, -0.2) is 4.68 Å². The van der Waals surface area contributed by atoms with Crippen molar-refractivity contribution in [2.75, 3.05) is 11.9 Å². The number of benzene rings is 2. The molecule has 0 bridgehead atoms. The Morgan fingerprint density at radius 1 is 1.18 bits per heavy atom. The number of hydrogen-bond acceptors (Lipinski definition) is 3. The van der Waals surface area contributed by atoms with Gasteiger partial charge >= 0.3 is 0 Å². The summed E-state index contributed by atoms with van der Waals surface area (Å²) in [4.78, 5) is 12.4. The Balaban J connectivity index is 1.65. The first-order valence-corrected chi connectivity index (χ1v) is 7.31. The van der Waals surface area contributed by atoms with Crippen LogP contribution in [0.3, 0.4) is 0 Å². The molecular formula is C17H15N3O2. The SMILES string of the molecule is O=C(Nc1cccc2ccccc12)c1cc2n(n1)CCCO2. The van der Waals surface area contributed by atoms with E-state index in [1.165, 1.54) is 0 Å². The smallest absolute Gasteiger partial charge is 0.276 e. The Morgan fingerprint density at radius 2 is 2.05 bits per heavy atom. The van der Waals surface area contributed by atoms with Crippen molar-refractivity contribution >= 4 is 22.4 Å². The number of amides is 1. The van der Waals surface area contributed by atoms with Crippen molar-refractivity contribution in [3.05, 3.63) is 54.2 Å². The Morgan fingerprint density at radius 3 is 2.95 bits per heavy atom. The highest BCUT2D eigenvalue weighted by Gasteiger charge is 2.18. The second-order valence-corrected chi connectivity index (χ2v) is 5.27. The molecule has 0 saturated heterocycles. The molecule has 0 fully saturated rings. The molecule has 4 rings (SSSR count). The van der Waals surface area contributed by atoms with Gasteiger partial charge < -0.3 is 10.1 Å². The van der Waals surface area contributed by atoms with Gasteiger partial charge in [-0.1, -0.05) is 36.4 Å². The molecular weight excluding hydrogens is 278 g/mol. The van der Waals surface area contributed by atoms with Gasteiger partial charge in [-0.3, -0.25) is 4.79 Å². The van der Waals surface area contributed by atoms with Crippen LogP contribution in [0.2, 0.25) is 0 Å². The summed E-state index contributed by atoms with van der Waals surface area (Å²) in [6.45, 7) is 1.47. The largest absolute Gasteiger partial charge is 0.478 e. The van der Waals surface area contributed by atoms with E-state index in [4.69, 9.17) is 4.74 Å². The third-order valence-corrected chi connectivity index (χ3v) is 3.78. The molecule has 5 heteroatoms. The molecule has 1 amide bonds. The molecule has 1 aromatic heterocycles. The molecule has 0 saturated carbocycles. The molecule has 5 nitrogen and oxygen atoms in total. The van der Waals surface area contributed by atoms with Gasteiger partial charge in [0.25, 0.3) is 5.91 Å². The van der Waals surface area contributed by atoms with E-state index in [1.807, 2.05) is 42.5 Å². The molecule has 1 aliphatic rings. The number of anilines is 1. The fourth-order valence-electron chi connectivity index (χ4n) is 2.70. The Bertz CT molecular complexity index is 825. The van der Waals surface area contributed by atoms with Gasteiger partial charge in [0.05, 0.1) is 6.61 Å². The van der Waals surface area contributed by atoms with E-state index in [9.17, 15) is 4.79 Å². The standard InChI is InChI=1S/C17H15N3O2/c21-17(15-11-16-20(19-15)9-4-10-22-16)18-14-8-3-6-12-5-1-2-7-13(12)14/h1-3,5-8,11H,4,9-10H2,(H,18,21). The van der Waals surface area contributed by atoms with Crippen molar-refractivity contribution in [1.29, 1.82) is 0 Å². The van der Waals surface area contributed by atoms with Gasteiger partial charge in [0.2, 0.25) is 5.88 Å². The predicted octanol–water partition coefficient (Wildman–Crippen LogP) is 3.07. The summed E-state index contributed by atoms with van der Waals surface area (Å²) in [6.07, 6.45) is 0.916. The summed E-state index contributed by atoms with van der Waals surface area (Å²) in [5, 5.41) is 9.35. The van der Waals surface area contributed by atoms with Crippen LogP contribution in [-0.4, -0.2) is 22.3 Å². The normalized spacial score (nSPS) is 13.5. The molecule has 0 radical (unpaired) electrons. The minimum atomic E-state index is -0.221. The number of rotatable bonds is 2. The number of aryl methyl sites for hydroxylation is 1. The quantitative estimate of drug-likeness (QED) is 0.790. The lowest BCUT2D eigenvalue weighted by molar-refractivity contribution is 0.102. The summed E-state index contributed by atoms with van der Waals surface area (Å²) in [7, 11) is 0. The topological polar surface area (TPSA) is 56.2 Å². The molecule has 1 N–H and O–H groups in total. The van der Waals surface area contributed by atoms with E-state index in [1.54, 1.807) is 10.7 Å². The number of nitrogens with zero attached hydrogens (tertiary/aromatic N) is 2. The predicted molar refractivity (Wildman–Crippen MR) is 84.2 cm³/mol. The Kier molecular flexibility index (Phi) is 3.04. The summed E-state index contributed by atoms with van der Waals surface area (Å²) >= 11 is 0. The molecule has 3 aromatic rings. The molecule has 2 heterocycles. The number of carbonyl (C=O) groups is 1. The zero-order valence-electron chi connectivity index (χ0n) is 12.0. The summed E-state index contributed by atoms with van der Waals surface area (Å²) in [6, 6.07) is 15.5. The fourth-order valence-corrected chi connectivity index (χ4v) is 2.70.